The molecule has 0 bridgehead atoms. The number of hydrogen-bond donors (Lipinski definition) is 2. The molecule has 8 heteroatoms. The highest BCUT2D eigenvalue weighted by atomic mass is 35.5. The fourth-order valence-electron chi connectivity index (χ4n) is 1.63. The second kappa shape index (κ2) is 5.60. The molecule has 0 fully saturated rings. The van der Waals surface area contributed by atoms with E-state index in [0.717, 1.165) is 0 Å². The zero-order valence-electron chi connectivity index (χ0n) is 10.8. The first kappa shape index (κ1) is 15.1. The van der Waals surface area contributed by atoms with Gasteiger partial charge in [0.25, 0.3) is 0 Å². The van der Waals surface area contributed by atoms with Crippen LogP contribution < -0.4 is 10.6 Å². The Kier molecular flexibility index (Phi) is 4.23. The molecule has 0 atom stereocenters. The summed E-state index contributed by atoms with van der Waals surface area (Å²) in [6, 6.07) is 4.55. The number of nitrogens with one attached hydrogen (secondary N) is 1. The monoisotopic (exact) mass is 331 g/mol. The van der Waals surface area contributed by atoms with Crippen molar-refractivity contribution in [2.24, 2.45) is 0 Å². The molecule has 1 aromatic heterocycles. The van der Waals surface area contributed by atoms with Gasteiger partial charge in [-0.25, -0.2) is 4.98 Å². The maximum atomic E-state index is 12.3. The van der Waals surface area contributed by atoms with E-state index in [1.54, 1.807) is 19.4 Å². The van der Waals surface area contributed by atoms with Gasteiger partial charge in [-0.15, -0.1) is 0 Å². The van der Waals surface area contributed by atoms with Crippen LogP contribution in [0.2, 0.25) is 10.3 Å². The molecule has 0 amide bonds. The first-order valence-electron chi connectivity index (χ1n) is 5.61. The molecule has 5 nitrogen and oxygen atoms in total. The van der Waals surface area contributed by atoms with Gasteiger partial charge in [0.05, 0.1) is 11.9 Å². The summed E-state index contributed by atoms with van der Waals surface area (Å²) in [6.45, 7) is 3.23. The smallest absolute Gasteiger partial charge is 0.224 e. The minimum atomic E-state index is -2.59. The third-order valence-corrected chi connectivity index (χ3v) is 4.52. The number of aromatic nitrogens is 2. The van der Waals surface area contributed by atoms with Crippen LogP contribution in [-0.4, -0.2) is 28.4 Å². The Bertz CT molecular complexity index is 703. The maximum absolute atomic E-state index is 12.3. The van der Waals surface area contributed by atoms with Gasteiger partial charge in [0.1, 0.15) is 17.9 Å². The molecular weight excluding hydrogens is 320 g/mol. The Balaban J connectivity index is 2.49. The van der Waals surface area contributed by atoms with Crippen LogP contribution in [-0.2, 0) is 4.57 Å². The molecule has 2 N–H and O–H groups in total. The summed E-state index contributed by atoms with van der Waals surface area (Å²) in [5, 5.41) is 13.3. The standard InChI is InChI=1S/C12H12Cl2N3O2P/c1-20(2,19)10-5-7(18)3-4-9(10)16-11-8(13)6-15-12(14)17-11/h3-6,18H,1-2H3,(H,15,16,17). The number of aromatic hydroxyl groups is 1. The summed E-state index contributed by atoms with van der Waals surface area (Å²) in [7, 11) is -2.59. The van der Waals surface area contributed by atoms with Crippen molar-refractivity contribution >= 4 is 47.2 Å². The second-order valence-electron chi connectivity index (χ2n) is 4.51. The van der Waals surface area contributed by atoms with E-state index in [1.807, 2.05) is 0 Å². The van der Waals surface area contributed by atoms with Crippen LogP contribution >= 0.6 is 30.3 Å². The molecule has 0 spiro atoms. The van der Waals surface area contributed by atoms with Gasteiger partial charge in [-0.05, 0) is 43.1 Å². The normalized spacial score (nSPS) is 11.4. The number of benzene rings is 1. The molecule has 0 aliphatic rings. The van der Waals surface area contributed by atoms with E-state index in [1.165, 1.54) is 18.3 Å². The van der Waals surface area contributed by atoms with E-state index >= 15 is 0 Å². The van der Waals surface area contributed by atoms with Crippen molar-refractivity contribution in [3.8, 4) is 5.75 Å². The number of hydrogen-bond acceptors (Lipinski definition) is 5. The van der Waals surface area contributed by atoms with Crippen molar-refractivity contribution in [3.63, 3.8) is 0 Å². The van der Waals surface area contributed by atoms with Crippen molar-refractivity contribution in [1.82, 2.24) is 9.97 Å². The van der Waals surface area contributed by atoms with Crippen molar-refractivity contribution in [2.75, 3.05) is 18.6 Å². The summed E-state index contributed by atoms with van der Waals surface area (Å²) in [5.74, 6) is 0.355. The van der Waals surface area contributed by atoms with Crippen LogP contribution in [0.3, 0.4) is 0 Å². The lowest BCUT2D eigenvalue weighted by molar-refractivity contribution is 0.476. The largest absolute Gasteiger partial charge is 0.508 e. The van der Waals surface area contributed by atoms with Crippen molar-refractivity contribution < 1.29 is 9.67 Å². The van der Waals surface area contributed by atoms with Crippen LogP contribution in [0.25, 0.3) is 0 Å². The minimum Gasteiger partial charge on any atom is -0.508 e. The number of halogens is 2. The Morgan fingerprint density at radius 1 is 1.30 bits per heavy atom. The molecule has 1 heterocycles. The van der Waals surface area contributed by atoms with Crippen LogP contribution in [0.1, 0.15) is 0 Å². The third-order valence-electron chi connectivity index (χ3n) is 2.53. The van der Waals surface area contributed by atoms with Crippen LogP contribution in [0.4, 0.5) is 11.5 Å². The molecule has 106 valence electrons. The summed E-state index contributed by atoms with van der Waals surface area (Å²) < 4.78 is 12.3. The van der Waals surface area contributed by atoms with E-state index in [9.17, 15) is 9.67 Å². The molecule has 20 heavy (non-hydrogen) atoms. The predicted octanol–water partition coefficient (Wildman–Crippen LogP) is 3.48. The van der Waals surface area contributed by atoms with Crippen molar-refractivity contribution in [3.05, 3.63) is 34.7 Å². The molecule has 0 saturated carbocycles. The van der Waals surface area contributed by atoms with Crippen molar-refractivity contribution in [2.45, 2.75) is 0 Å². The fraction of sp³-hybridized carbons (Fsp3) is 0.167. The predicted molar refractivity (Wildman–Crippen MR) is 82.5 cm³/mol. The summed E-state index contributed by atoms with van der Waals surface area (Å²) in [5.41, 5.74) is 0.549. The minimum absolute atomic E-state index is 0.0429. The summed E-state index contributed by atoms with van der Waals surface area (Å²) >= 11 is 11.7. The van der Waals surface area contributed by atoms with E-state index in [0.29, 0.717) is 16.8 Å². The lowest BCUT2D eigenvalue weighted by Gasteiger charge is -2.15. The molecule has 0 aliphatic heterocycles. The van der Waals surface area contributed by atoms with Gasteiger partial charge in [-0.2, -0.15) is 4.98 Å². The highest BCUT2D eigenvalue weighted by Gasteiger charge is 2.18. The average Bonchev–Trinajstić information content (AvgIpc) is 2.34. The van der Waals surface area contributed by atoms with Gasteiger partial charge in [0.2, 0.25) is 5.28 Å². The molecule has 2 rings (SSSR count). The molecular formula is C12H12Cl2N3O2P. The van der Waals surface area contributed by atoms with Gasteiger partial charge < -0.3 is 15.0 Å². The Hall–Kier alpha value is -1.29. The van der Waals surface area contributed by atoms with Gasteiger partial charge in [-0.3, -0.25) is 0 Å². The van der Waals surface area contributed by atoms with E-state index in [4.69, 9.17) is 23.2 Å². The molecule has 0 saturated heterocycles. The first-order valence-corrected chi connectivity index (χ1v) is 8.97. The molecule has 0 aliphatic carbocycles. The topological polar surface area (TPSA) is 75.1 Å². The molecule has 0 unspecified atom stereocenters. The third kappa shape index (κ3) is 3.42. The number of rotatable bonds is 3. The van der Waals surface area contributed by atoms with Crippen LogP contribution in [0, 0.1) is 0 Å². The molecule has 0 radical (unpaired) electrons. The van der Waals surface area contributed by atoms with Gasteiger partial charge in [0.15, 0.2) is 5.82 Å². The second-order valence-corrected chi connectivity index (χ2v) is 8.44. The molecule has 1 aromatic carbocycles. The number of nitrogens with zero attached hydrogens (tertiary/aromatic N) is 2. The summed E-state index contributed by atoms with van der Waals surface area (Å²) in [6.07, 6.45) is 1.37. The lowest BCUT2D eigenvalue weighted by Crippen LogP contribution is -2.10. The molecule has 2 aromatic rings. The van der Waals surface area contributed by atoms with Crippen LogP contribution in [0.5, 0.6) is 5.75 Å². The SMILES string of the molecule is CP(C)(=O)c1cc(O)ccc1Nc1nc(Cl)ncc1Cl. The van der Waals surface area contributed by atoms with Crippen LogP contribution in [0.15, 0.2) is 24.4 Å². The Morgan fingerprint density at radius 3 is 2.65 bits per heavy atom. The fourth-order valence-corrected chi connectivity index (χ4v) is 3.06. The van der Waals surface area contributed by atoms with E-state index < -0.39 is 7.14 Å². The highest BCUT2D eigenvalue weighted by molar-refractivity contribution is 7.70. The van der Waals surface area contributed by atoms with Crippen molar-refractivity contribution in [1.29, 1.82) is 0 Å². The number of phenolic OH excluding ortho intramolecular Hbond substituents is 1. The lowest BCUT2D eigenvalue weighted by atomic mass is 10.3. The zero-order valence-corrected chi connectivity index (χ0v) is 13.2. The van der Waals surface area contributed by atoms with Gasteiger partial charge in [0, 0.05) is 5.30 Å². The van der Waals surface area contributed by atoms with Gasteiger partial charge >= 0.3 is 0 Å². The average molecular weight is 332 g/mol. The summed E-state index contributed by atoms with van der Waals surface area (Å²) in [4.78, 5) is 7.73. The van der Waals surface area contributed by atoms with E-state index in [2.05, 4.69) is 15.3 Å². The quantitative estimate of drug-likeness (QED) is 0.511. The van der Waals surface area contributed by atoms with Gasteiger partial charge in [-0.1, -0.05) is 11.6 Å². The number of phenols is 1. The Morgan fingerprint density at radius 2 is 2.00 bits per heavy atom. The Labute approximate surface area is 126 Å². The van der Waals surface area contributed by atoms with E-state index in [-0.39, 0.29) is 16.1 Å². The first-order chi connectivity index (χ1) is 9.27. The number of anilines is 2. The maximum Gasteiger partial charge on any atom is 0.224 e. The zero-order chi connectivity index (χ0) is 14.9. The highest BCUT2D eigenvalue weighted by Crippen LogP contribution is 2.39.